The van der Waals surface area contributed by atoms with Crippen LogP contribution in [-0.2, 0) is 11.2 Å². The van der Waals surface area contributed by atoms with Gasteiger partial charge in [0.2, 0.25) is 0 Å². The molecule has 100 valence electrons. The van der Waals surface area contributed by atoms with Gasteiger partial charge in [-0.05, 0) is 22.8 Å². The summed E-state index contributed by atoms with van der Waals surface area (Å²) >= 11 is 0. The third kappa shape index (κ3) is 3.21. The van der Waals surface area contributed by atoms with Gasteiger partial charge in [-0.25, -0.2) is 0 Å². The van der Waals surface area contributed by atoms with Crippen molar-refractivity contribution in [3.8, 4) is 0 Å². The second-order valence-corrected chi connectivity index (χ2v) is 6.11. The Kier molecular flexibility index (Phi) is 3.72. The number of hydrogen-bond acceptors (Lipinski definition) is 2. The second-order valence-electron chi connectivity index (χ2n) is 6.11. The fourth-order valence-corrected chi connectivity index (χ4v) is 2.27. The predicted molar refractivity (Wildman–Crippen MR) is 80.1 cm³/mol. The van der Waals surface area contributed by atoms with E-state index in [0.717, 1.165) is 5.56 Å². The second kappa shape index (κ2) is 5.14. The maximum Gasteiger partial charge on any atom is 0.155 e. The SMILES string of the molecule is CC(C)(C)C(=O)C(N)Cc1ccc2ccccc2c1. The summed E-state index contributed by atoms with van der Waals surface area (Å²) in [7, 11) is 0. The van der Waals surface area contributed by atoms with Crippen LogP contribution >= 0.6 is 0 Å². The Morgan fingerprint density at radius 3 is 2.37 bits per heavy atom. The van der Waals surface area contributed by atoms with Gasteiger partial charge in [-0.3, -0.25) is 4.79 Å². The van der Waals surface area contributed by atoms with Crippen LogP contribution in [0.4, 0.5) is 0 Å². The van der Waals surface area contributed by atoms with Gasteiger partial charge in [0, 0.05) is 5.41 Å². The van der Waals surface area contributed by atoms with Crippen molar-refractivity contribution in [3.05, 3.63) is 48.0 Å². The van der Waals surface area contributed by atoms with Gasteiger partial charge in [0.25, 0.3) is 0 Å². The molecule has 1 unspecified atom stereocenters. The number of carbonyl (C=O) groups excluding carboxylic acids is 1. The van der Waals surface area contributed by atoms with Gasteiger partial charge in [0.15, 0.2) is 5.78 Å². The van der Waals surface area contributed by atoms with Crippen LogP contribution in [-0.4, -0.2) is 11.8 Å². The molecule has 2 rings (SSSR count). The van der Waals surface area contributed by atoms with Crippen LogP contribution in [0.15, 0.2) is 42.5 Å². The molecule has 0 bridgehead atoms. The molecule has 2 nitrogen and oxygen atoms in total. The molecular weight excluding hydrogens is 234 g/mol. The average Bonchev–Trinajstić information content (AvgIpc) is 2.36. The van der Waals surface area contributed by atoms with E-state index in [4.69, 9.17) is 5.73 Å². The topological polar surface area (TPSA) is 43.1 Å². The minimum Gasteiger partial charge on any atom is -0.321 e. The van der Waals surface area contributed by atoms with Gasteiger partial charge in [0.05, 0.1) is 6.04 Å². The minimum atomic E-state index is -0.429. The molecular formula is C17H21NO. The molecule has 0 saturated carbocycles. The molecule has 1 atom stereocenters. The highest BCUT2D eigenvalue weighted by Crippen LogP contribution is 2.20. The first-order chi connectivity index (χ1) is 8.88. The summed E-state index contributed by atoms with van der Waals surface area (Å²) in [5, 5.41) is 2.40. The highest BCUT2D eigenvalue weighted by atomic mass is 16.1. The summed E-state index contributed by atoms with van der Waals surface area (Å²) in [6.45, 7) is 5.74. The van der Waals surface area contributed by atoms with Crippen molar-refractivity contribution in [3.63, 3.8) is 0 Å². The largest absolute Gasteiger partial charge is 0.321 e. The third-order valence-corrected chi connectivity index (χ3v) is 3.35. The zero-order valence-electron chi connectivity index (χ0n) is 11.8. The van der Waals surface area contributed by atoms with E-state index in [0.29, 0.717) is 6.42 Å². The van der Waals surface area contributed by atoms with E-state index < -0.39 is 6.04 Å². The molecule has 0 heterocycles. The van der Waals surface area contributed by atoms with Crippen molar-refractivity contribution in [2.24, 2.45) is 11.1 Å². The van der Waals surface area contributed by atoms with Crippen molar-refractivity contribution < 1.29 is 4.79 Å². The van der Waals surface area contributed by atoms with E-state index in [1.165, 1.54) is 10.8 Å². The smallest absolute Gasteiger partial charge is 0.155 e. The summed E-state index contributed by atoms with van der Waals surface area (Å²) in [6, 6.07) is 14.0. The first-order valence-electron chi connectivity index (χ1n) is 6.65. The molecule has 2 N–H and O–H groups in total. The monoisotopic (exact) mass is 255 g/mol. The minimum absolute atomic E-state index is 0.112. The fourth-order valence-electron chi connectivity index (χ4n) is 2.27. The number of Topliss-reactive ketones (excluding diaryl/α,β-unsaturated/α-hetero) is 1. The predicted octanol–water partition coefficient (Wildman–Crippen LogP) is 3.32. The summed E-state index contributed by atoms with van der Waals surface area (Å²) in [5.41, 5.74) is 6.77. The standard InChI is InChI=1S/C17H21NO/c1-17(2,3)16(19)15(18)11-12-8-9-13-6-4-5-7-14(13)10-12/h4-10,15H,11,18H2,1-3H3. The van der Waals surface area contributed by atoms with E-state index >= 15 is 0 Å². The number of fused-ring (bicyclic) bond motifs is 1. The molecule has 0 spiro atoms. The van der Waals surface area contributed by atoms with E-state index in [1.54, 1.807) is 0 Å². The van der Waals surface area contributed by atoms with Gasteiger partial charge in [-0.15, -0.1) is 0 Å². The van der Waals surface area contributed by atoms with Gasteiger partial charge in [-0.2, -0.15) is 0 Å². The third-order valence-electron chi connectivity index (χ3n) is 3.35. The summed E-state index contributed by atoms with van der Waals surface area (Å²) in [4.78, 5) is 12.1. The van der Waals surface area contributed by atoms with E-state index in [9.17, 15) is 4.79 Å². The molecule has 2 aromatic carbocycles. The molecule has 0 aliphatic heterocycles. The molecule has 2 heteroatoms. The molecule has 19 heavy (non-hydrogen) atoms. The summed E-state index contributed by atoms with van der Waals surface area (Å²) in [5.74, 6) is 0.112. The van der Waals surface area contributed by atoms with Gasteiger partial charge < -0.3 is 5.73 Å². The number of benzene rings is 2. The summed E-state index contributed by atoms with van der Waals surface area (Å²) in [6.07, 6.45) is 0.598. The average molecular weight is 255 g/mol. The van der Waals surface area contributed by atoms with Crippen LogP contribution in [0, 0.1) is 5.41 Å². The summed E-state index contributed by atoms with van der Waals surface area (Å²) < 4.78 is 0. The Bertz CT molecular complexity index is 595. The Balaban J connectivity index is 2.19. The van der Waals surface area contributed by atoms with Crippen LogP contribution in [0.3, 0.4) is 0 Å². The number of hydrogen-bond donors (Lipinski definition) is 1. The van der Waals surface area contributed by atoms with E-state index in [-0.39, 0.29) is 11.2 Å². The Morgan fingerprint density at radius 1 is 1.11 bits per heavy atom. The highest BCUT2D eigenvalue weighted by molar-refractivity contribution is 5.89. The van der Waals surface area contributed by atoms with Crippen LogP contribution < -0.4 is 5.73 Å². The van der Waals surface area contributed by atoms with Crippen LogP contribution in [0.2, 0.25) is 0 Å². The molecule has 0 radical (unpaired) electrons. The number of rotatable bonds is 3. The molecule has 2 aromatic rings. The number of ketones is 1. The van der Waals surface area contributed by atoms with E-state index in [2.05, 4.69) is 30.3 Å². The first kappa shape index (κ1) is 13.8. The Morgan fingerprint density at radius 2 is 1.74 bits per heavy atom. The lowest BCUT2D eigenvalue weighted by molar-refractivity contribution is -0.127. The Labute approximate surface area is 114 Å². The van der Waals surface area contributed by atoms with Gasteiger partial charge in [0.1, 0.15) is 0 Å². The highest BCUT2D eigenvalue weighted by Gasteiger charge is 2.26. The molecule has 0 fully saturated rings. The molecule has 0 aliphatic rings. The lowest BCUT2D eigenvalue weighted by atomic mass is 9.84. The zero-order chi connectivity index (χ0) is 14.0. The van der Waals surface area contributed by atoms with Crippen LogP contribution in [0.25, 0.3) is 10.8 Å². The lowest BCUT2D eigenvalue weighted by Crippen LogP contribution is -2.40. The number of nitrogens with two attached hydrogens (primary N) is 1. The van der Waals surface area contributed by atoms with Crippen molar-refractivity contribution in [1.82, 2.24) is 0 Å². The lowest BCUT2D eigenvalue weighted by Gasteiger charge is -2.21. The first-order valence-corrected chi connectivity index (χ1v) is 6.65. The van der Waals surface area contributed by atoms with Gasteiger partial charge in [-0.1, -0.05) is 63.2 Å². The maximum atomic E-state index is 12.1. The number of carbonyl (C=O) groups is 1. The normalized spacial score (nSPS) is 13.5. The Hall–Kier alpha value is -1.67. The van der Waals surface area contributed by atoms with Gasteiger partial charge >= 0.3 is 0 Å². The van der Waals surface area contributed by atoms with Crippen molar-refractivity contribution >= 4 is 16.6 Å². The fraction of sp³-hybridized carbons (Fsp3) is 0.353. The quantitative estimate of drug-likeness (QED) is 0.914. The molecule has 0 aliphatic carbocycles. The molecule has 0 saturated heterocycles. The molecule has 0 aromatic heterocycles. The van der Waals surface area contributed by atoms with E-state index in [1.807, 2.05) is 32.9 Å². The van der Waals surface area contributed by atoms with Crippen molar-refractivity contribution in [1.29, 1.82) is 0 Å². The van der Waals surface area contributed by atoms with Crippen molar-refractivity contribution in [2.75, 3.05) is 0 Å². The van der Waals surface area contributed by atoms with Crippen molar-refractivity contribution in [2.45, 2.75) is 33.2 Å². The van der Waals surface area contributed by atoms with Crippen LogP contribution in [0.5, 0.6) is 0 Å². The zero-order valence-corrected chi connectivity index (χ0v) is 11.8. The maximum absolute atomic E-state index is 12.1. The molecule has 0 amide bonds. The van der Waals surface area contributed by atoms with Crippen LogP contribution in [0.1, 0.15) is 26.3 Å².